The number of anilines is 1. The predicted octanol–water partition coefficient (Wildman–Crippen LogP) is 2.51. The van der Waals surface area contributed by atoms with Crippen molar-refractivity contribution in [1.82, 2.24) is 9.97 Å². The summed E-state index contributed by atoms with van der Waals surface area (Å²) in [5, 5.41) is 0.436. The van der Waals surface area contributed by atoms with Gasteiger partial charge >= 0.3 is 5.97 Å². The van der Waals surface area contributed by atoms with Crippen molar-refractivity contribution in [2.45, 2.75) is 5.75 Å². The molecular formula is C13H11Cl2N3O4S. The molecule has 0 fully saturated rings. The van der Waals surface area contributed by atoms with Gasteiger partial charge in [0.2, 0.25) is 10.0 Å². The minimum absolute atomic E-state index is 0.218. The van der Waals surface area contributed by atoms with Gasteiger partial charge in [0.1, 0.15) is 0 Å². The molecule has 0 aliphatic carbocycles. The lowest BCUT2D eigenvalue weighted by atomic mass is 10.2. The van der Waals surface area contributed by atoms with E-state index < -0.39 is 21.7 Å². The Morgan fingerprint density at radius 2 is 1.83 bits per heavy atom. The number of carbonyl (C=O) groups excluding carboxylic acids is 1. The second-order valence-corrected chi connectivity index (χ2v) is 6.84. The fourth-order valence-electron chi connectivity index (χ4n) is 1.70. The van der Waals surface area contributed by atoms with Crippen LogP contribution in [0.25, 0.3) is 0 Å². The summed E-state index contributed by atoms with van der Waals surface area (Å²) in [5.41, 5.74) is -0.00401. The van der Waals surface area contributed by atoms with Crippen LogP contribution in [0.1, 0.15) is 16.1 Å². The molecule has 1 aromatic heterocycles. The fraction of sp³-hybridized carbons (Fsp3) is 0.154. The third kappa shape index (κ3) is 4.31. The topological polar surface area (TPSA) is 98.2 Å². The van der Waals surface area contributed by atoms with Crippen LogP contribution in [0.3, 0.4) is 0 Å². The van der Waals surface area contributed by atoms with Crippen LogP contribution in [0.15, 0.2) is 30.6 Å². The highest BCUT2D eigenvalue weighted by molar-refractivity contribution is 7.91. The van der Waals surface area contributed by atoms with Crippen molar-refractivity contribution in [3.05, 3.63) is 51.9 Å². The van der Waals surface area contributed by atoms with Crippen LogP contribution in [0.2, 0.25) is 10.0 Å². The van der Waals surface area contributed by atoms with Crippen molar-refractivity contribution >= 4 is 45.0 Å². The molecule has 0 amide bonds. The summed E-state index contributed by atoms with van der Waals surface area (Å²) < 4.78 is 31.3. The Labute approximate surface area is 142 Å². The Kier molecular flexibility index (Phi) is 5.40. The van der Waals surface area contributed by atoms with Crippen LogP contribution in [0, 0.1) is 0 Å². The molecule has 7 nitrogen and oxygen atoms in total. The number of methoxy groups -OCH3 is 1. The first kappa shape index (κ1) is 17.5. The molecule has 0 radical (unpaired) electrons. The van der Waals surface area contributed by atoms with Crippen molar-refractivity contribution in [3.63, 3.8) is 0 Å². The molecule has 1 N–H and O–H groups in total. The highest BCUT2D eigenvalue weighted by Gasteiger charge is 2.22. The number of benzene rings is 1. The van der Waals surface area contributed by atoms with Gasteiger partial charge in [0.05, 0.1) is 12.9 Å². The number of halogens is 2. The molecule has 0 atom stereocenters. The standard InChI is InChI=1S/C13H11Cl2N3O4S/c1-22-13(19)11-12(17-6-5-16-11)18-23(20,21)7-8-9(14)3-2-4-10(8)15/h2-6H,7H2,1H3,(H,17,18). The highest BCUT2D eigenvalue weighted by atomic mass is 35.5. The van der Waals surface area contributed by atoms with Gasteiger partial charge < -0.3 is 4.74 Å². The number of nitrogens with zero attached hydrogens (tertiary/aromatic N) is 2. The van der Waals surface area contributed by atoms with E-state index in [0.717, 1.165) is 7.11 Å². The SMILES string of the molecule is COC(=O)c1nccnc1NS(=O)(=O)Cc1c(Cl)cccc1Cl. The van der Waals surface area contributed by atoms with Gasteiger partial charge in [-0.1, -0.05) is 29.3 Å². The molecule has 1 heterocycles. The number of carbonyl (C=O) groups is 1. The van der Waals surface area contributed by atoms with Gasteiger partial charge in [-0.25, -0.2) is 23.2 Å². The Balaban J connectivity index is 2.31. The van der Waals surface area contributed by atoms with E-state index in [2.05, 4.69) is 19.4 Å². The van der Waals surface area contributed by atoms with Crippen LogP contribution in [-0.4, -0.2) is 31.5 Å². The van der Waals surface area contributed by atoms with E-state index in [9.17, 15) is 13.2 Å². The van der Waals surface area contributed by atoms with E-state index in [1.807, 2.05) is 0 Å². The molecule has 0 unspecified atom stereocenters. The smallest absolute Gasteiger partial charge is 0.360 e. The molecule has 10 heteroatoms. The van der Waals surface area contributed by atoms with Gasteiger partial charge in [0.25, 0.3) is 0 Å². The Morgan fingerprint density at radius 1 is 1.22 bits per heavy atom. The van der Waals surface area contributed by atoms with Crippen molar-refractivity contribution < 1.29 is 17.9 Å². The molecule has 122 valence electrons. The van der Waals surface area contributed by atoms with Crippen LogP contribution in [-0.2, 0) is 20.5 Å². The first-order valence-electron chi connectivity index (χ1n) is 6.17. The molecule has 0 aliphatic rings. The number of hydrogen-bond donors (Lipinski definition) is 1. The van der Waals surface area contributed by atoms with E-state index in [-0.39, 0.29) is 27.1 Å². The summed E-state index contributed by atoms with van der Waals surface area (Å²) in [5.74, 6) is -1.53. The van der Waals surface area contributed by atoms with Gasteiger partial charge in [-0.05, 0) is 12.1 Å². The molecule has 23 heavy (non-hydrogen) atoms. The van der Waals surface area contributed by atoms with E-state index in [4.69, 9.17) is 23.2 Å². The first-order chi connectivity index (χ1) is 10.8. The molecule has 0 saturated heterocycles. The minimum Gasteiger partial charge on any atom is -0.464 e. The number of nitrogens with one attached hydrogen (secondary N) is 1. The summed E-state index contributed by atoms with van der Waals surface area (Å²) in [6.45, 7) is 0. The molecule has 0 bridgehead atoms. The number of hydrogen-bond acceptors (Lipinski definition) is 6. The van der Waals surface area contributed by atoms with Crippen molar-refractivity contribution in [2.75, 3.05) is 11.8 Å². The van der Waals surface area contributed by atoms with Gasteiger partial charge in [-0.15, -0.1) is 0 Å². The fourth-order valence-corrected chi connectivity index (χ4v) is 3.60. The maximum Gasteiger partial charge on any atom is 0.360 e. The molecule has 0 spiro atoms. The Hall–Kier alpha value is -1.90. The largest absolute Gasteiger partial charge is 0.464 e. The summed E-state index contributed by atoms with van der Waals surface area (Å²) in [6.07, 6.45) is 2.49. The maximum absolute atomic E-state index is 12.3. The zero-order valence-corrected chi connectivity index (χ0v) is 14.1. The van der Waals surface area contributed by atoms with Gasteiger partial charge in [-0.3, -0.25) is 4.72 Å². The second kappa shape index (κ2) is 7.12. The first-order valence-corrected chi connectivity index (χ1v) is 8.57. The van der Waals surface area contributed by atoms with E-state index in [1.54, 1.807) is 6.07 Å². The lowest BCUT2D eigenvalue weighted by Gasteiger charge is -2.11. The predicted molar refractivity (Wildman–Crippen MR) is 86.1 cm³/mol. The third-order valence-corrected chi connectivity index (χ3v) is 4.61. The molecular weight excluding hydrogens is 365 g/mol. The third-order valence-electron chi connectivity index (χ3n) is 2.73. The summed E-state index contributed by atoms with van der Waals surface area (Å²) in [4.78, 5) is 19.1. The normalized spacial score (nSPS) is 11.1. The zero-order valence-electron chi connectivity index (χ0n) is 11.8. The van der Waals surface area contributed by atoms with Crippen LogP contribution in [0.5, 0.6) is 0 Å². The van der Waals surface area contributed by atoms with Gasteiger partial charge in [-0.2, -0.15) is 0 Å². The number of aromatic nitrogens is 2. The van der Waals surface area contributed by atoms with Crippen molar-refractivity contribution in [2.24, 2.45) is 0 Å². The zero-order chi connectivity index (χ0) is 17.0. The maximum atomic E-state index is 12.3. The van der Waals surface area contributed by atoms with E-state index >= 15 is 0 Å². The monoisotopic (exact) mass is 375 g/mol. The molecule has 0 saturated carbocycles. The highest BCUT2D eigenvalue weighted by Crippen LogP contribution is 2.26. The van der Waals surface area contributed by atoms with Crippen molar-refractivity contribution in [1.29, 1.82) is 0 Å². The van der Waals surface area contributed by atoms with E-state index in [0.29, 0.717) is 0 Å². The molecule has 0 aliphatic heterocycles. The number of ether oxygens (including phenoxy) is 1. The quantitative estimate of drug-likeness (QED) is 0.806. The summed E-state index contributed by atoms with van der Waals surface area (Å²) in [6, 6.07) is 4.66. The van der Waals surface area contributed by atoms with Gasteiger partial charge in [0, 0.05) is 28.0 Å². The number of esters is 1. The lowest BCUT2D eigenvalue weighted by Crippen LogP contribution is -2.20. The molecule has 2 rings (SSSR count). The van der Waals surface area contributed by atoms with E-state index in [1.165, 1.54) is 24.5 Å². The van der Waals surface area contributed by atoms with Crippen molar-refractivity contribution in [3.8, 4) is 0 Å². The minimum atomic E-state index is -3.93. The lowest BCUT2D eigenvalue weighted by molar-refractivity contribution is 0.0595. The molecule has 1 aromatic carbocycles. The second-order valence-electron chi connectivity index (χ2n) is 4.31. The summed E-state index contributed by atoms with van der Waals surface area (Å²) >= 11 is 11.9. The average molecular weight is 376 g/mol. The van der Waals surface area contributed by atoms with Crippen LogP contribution >= 0.6 is 23.2 Å². The average Bonchev–Trinajstić information content (AvgIpc) is 2.50. The Morgan fingerprint density at radius 3 is 2.43 bits per heavy atom. The summed E-state index contributed by atoms with van der Waals surface area (Å²) in [7, 11) is -2.77. The van der Waals surface area contributed by atoms with Crippen LogP contribution in [0.4, 0.5) is 5.82 Å². The van der Waals surface area contributed by atoms with Gasteiger partial charge in [0.15, 0.2) is 11.5 Å². The Bertz CT molecular complexity index is 823. The molecule has 2 aromatic rings. The number of sulfonamides is 1. The number of rotatable bonds is 5. The van der Waals surface area contributed by atoms with Crippen LogP contribution < -0.4 is 4.72 Å².